The van der Waals surface area contributed by atoms with E-state index >= 15 is 0 Å². The van der Waals surface area contributed by atoms with Crippen LogP contribution in [0.25, 0.3) is 0 Å². The molecule has 0 amide bonds. The lowest BCUT2D eigenvalue weighted by atomic mass is 9.99. The van der Waals surface area contributed by atoms with E-state index in [0.29, 0.717) is 29.7 Å². The second-order valence-electron chi connectivity index (χ2n) is 5.64. The predicted molar refractivity (Wildman–Crippen MR) is 82.3 cm³/mol. The molecule has 0 aliphatic heterocycles. The van der Waals surface area contributed by atoms with Crippen LogP contribution in [0.5, 0.6) is 5.75 Å². The molecule has 2 N–H and O–H groups in total. The Bertz CT molecular complexity index is 442. The molecule has 0 bridgehead atoms. The maximum absolute atomic E-state index is 10.2. The second-order valence-corrected chi connectivity index (χ2v) is 6.05. The molecular weight excluding hydrogens is 274 g/mol. The number of halogens is 1. The third kappa shape index (κ3) is 4.37. The summed E-state index contributed by atoms with van der Waals surface area (Å²) >= 11 is 6.24. The minimum absolute atomic E-state index is 0.277. The standard InChI is InChI=1S/C16H24ClNO2/c1-3-16(19,4-2)11-20-15-8-5-12(9-14(15)17)10-18-13-6-7-13/h5,8-9,13,18-19H,3-4,6-7,10-11H2,1-2H3. The number of benzene rings is 1. The number of rotatable bonds is 8. The summed E-state index contributed by atoms with van der Waals surface area (Å²) < 4.78 is 5.67. The van der Waals surface area contributed by atoms with Crippen LogP contribution in [0.1, 0.15) is 45.1 Å². The minimum Gasteiger partial charge on any atom is -0.489 e. The van der Waals surface area contributed by atoms with Crippen molar-refractivity contribution in [2.45, 2.75) is 57.7 Å². The van der Waals surface area contributed by atoms with Crippen LogP contribution in [-0.2, 0) is 6.54 Å². The molecule has 1 aliphatic carbocycles. The van der Waals surface area contributed by atoms with E-state index in [9.17, 15) is 5.11 Å². The van der Waals surface area contributed by atoms with Crippen LogP contribution in [0, 0.1) is 0 Å². The number of hydrogen-bond donors (Lipinski definition) is 2. The monoisotopic (exact) mass is 297 g/mol. The zero-order chi connectivity index (χ0) is 14.6. The van der Waals surface area contributed by atoms with Gasteiger partial charge in [0.15, 0.2) is 0 Å². The average Bonchev–Trinajstić information content (AvgIpc) is 3.28. The van der Waals surface area contributed by atoms with E-state index in [1.54, 1.807) is 0 Å². The Morgan fingerprint density at radius 3 is 2.60 bits per heavy atom. The van der Waals surface area contributed by atoms with E-state index < -0.39 is 5.60 Å². The van der Waals surface area contributed by atoms with E-state index in [2.05, 4.69) is 5.32 Å². The average molecular weight is 298 g/mol. The molecule has 3 nitrogen and oxygen atoms in total. The Balaban J connectivity index is 1.91. The molecule has 0 unspecified atom stereocenters. The van der Waals surface area contributed by atoms with Gasteiger partial charge in [-0.1, -0.05) is 31.5 Å². The zero-order valence-corrected chi connectivity index (χ0v) is 13.0. The van der Waals surface area contributed by atoms with Gasteiger partial charge in [-0.25, -0.2) is 0 Å². The highest BCUT2D eigenvalue weighted by atomic mass is 35.5. The molecule has 20 heavy (non-hydrogen) atoms. The SMILES string of the molecule is CCC(O)(CC)COc1ccc(CNC2CC2)cc1Cl. The Hall–Kier alpha value is -0.770. The lowest BCUT2D eigenvalue weighted by Crippen LogP contribution is -2.34. The molecule has 112 valence electrons. The van der Waals surface area contributed by atoms with Crippen molar-refractivity contribution in [2.24, 2.45) is 0 Å². The summed E-state index contributed by atoms with van der Waals surface area (Å²) in [5, 5.41) is 14.3. The maximum Gasteiger partial charge on any atom is 0.138 e. The largest absolute Gasteiger partial charge is 0.489 e. The van der Waals surface area contributed by atoms with Crippen LogP contribution < -0.4 is 10.1 Å². The molecule has 4 heteroatoms. The minimum atomic E-state index is -0.768. The summed E-state index contributed by atoms with van der Waals surface area (Å²) in [5.74, 6) is 0.641. The fourth-order valence-corrected chi connectivity index (χ4v) is 2.24. The van der Waals surface area contributed by atoms with Crippen molar-refractivity contribution in [3.8, 4) is 5.75 Å². The van der Waals surface area contributed by atoms with E-state index in [-0.39, 0.29) is 6.61 Å². The third-order valence-electron chi connectivity index (χ3n) is 3.98. The smallest absolute Gasteiger partial charge is 0.138 e. The normalized spacial score (nSPS) is 15.4. The van der Waals surface area contributed by atoms with Crippen molar-refractivity contribution < 1.29 is 9.84 Å². The Morgan fingerprint density at radius 2 is 2.05 bits per heavy atom. The van der Waals surface area contributed by atoms with Gasteiger partial charge in [0.1, 0.15) is 12.4 Å². The van der Waals surface area contributed by atoms with Crippen molar-refractivity contribution in [3.63, 3.8) is 0 Å². The van der Waals surface area contributed by atoms with E-state index in [1.165, 1.54) is 12.8 Å². The first kappa shape index (κ1) is 15.6. The van der Waals surface area contributed by atoms with Gasteiger partial charge in [-0.05, 0) is 43.4 Å². The molecule has 0 radical (unpaired) electrons. The summed E-state index contributed by atoms with van der Waals surface area (Å²) in [5.41, 5.74) is 0.394. The zero-order valence-electron chi connectivity index (χ0n) is 12.3. The molecule has 0 atom stereocenters. The molecule has 1 aromatic carbocycles. The van der Waals surface area contributed by atoms with E-state index in [0.717, 1.165) is 12.1 Å². The topological polar surface area (TPSA) is 41.5 Å². The summed E-state index contributed by atoms with van der Waals surface area (Å²) in [4.78, 5) is 0. The van der Waals surface area contributed by atoms with Gasteiger partial charge in [-0.15, -0.1) is 0 Å². The van der Waals surface area contributed by atoms with Crippen molar-refractivity contribution in [1.82, 2.24) is 5.32 Å². The summed E-state index contributed by atoms with van der Waals surface area (Å²) in [6, 6.07) is 6.53. The molecule has 1 aliphatic rings. The molecule has 1 fully saturated rings. The van der Waals surface area contributed by atoms with Gasteiger partial charge in [0.05, 0.1) is 10.6 Å². The lowest BCUT2D eigenvalue weighted by molar-refractivity contribution is -0.0113. The van der Waals surface area contributed by atoms with Gasteiger partial charge < -0.3 is 15.2 Å². The Morgan fingerprint density at radius 1 is 1.35 bits per heavy atom. The van der Waals surface area contributed by atoms with Gasteiger partial charge in [-0.3, -0.25) is 0 Å². The highest BCUT2D eigenvalue weighted by molar-refractivity contribution is 6.32. The van der Waals surface area contributed by atoms with Gasteiger partial charge >= 0.3 is 0 Å². The number of ether oxygens (including phenoxy) is 1. The van der Waals surface area contributed by atoms with Gasteiger partial charge in [0, 0.05) is 12.6 Å². The Kier molecular flexibility index (Phi) is 5.30. The van der Waals surface area contributed by atoms with Gasteiger partial charge in [0.2, 0.25) is 0 Å². The van der Waals surface area contributed by atoms with Crippen LogP contribution in [0.3, 0.4) is 0 Å². The predicted octanol–water partition coefficient (Wildman–Crippen LogP) is 3.52. The van der Waals surface area contributed by atoms with Crippen LogP contribution in [-0.4, -0.2) is 23.4 Å². The first-order valence-electron chi connectivity index (χ1n) is 7.43. The fraction of sp³-hybridized carbons (Fsp3) is 0.625. The number of nitrogens with one attached hydrogen (secondary N) is 1. The molecule has 2 rings (SSSR count). The quantitative estimate of drug-likeness (QED) is 0.771. The van der Waals surface area contributed by atoms with Crippen molar-refractivity contribution >= 4 is 11.6 Å². The summed E-state index contributed by atoms with van der Waals surface area (Å²) in [6.45, 7) is 5.04. The maximum atomic E-state index is 10.2. The molecule has 1 saturated carbocycles. The van der Waals surface area contributed by atoms with Crippen LogP contribution >= 0.6 is 11.6 Å². The van der Waals surface area contributed by atoms with Crippen LogP contribution in [0.15, 0.2) is 18.2 Å². The van der Waals surface area contributed by atoms with Crippen molar-refractivity contribution in [1.29, 1.82) is 0 Å². The summed E-state index contributed by atoms with van der Waals surface area (Å²) in [7, 11) is 0. The van der Waals surface area contributed by atoms with E-state index in [4.69, 9.17) is 16.3 Å². The van der Waals surface area contributed by atoms with Gasteiger partial charge in [-0.2, -0.15) is 0 Å². The number of aliphatic hydroxyl groups is 1. The first-order chi connectivity index (χ1) is 9.56. The van der Waals surface area contributed by atoms with Crippen LogP contribution in [0.2, 0.25) is 5.02 Å². The molecule has 0 heterocycles. The van der Waals surface area contributed by atoms with Gasteiger partial charge in [0.25, 0.3) is 0 Å². The molecule has 0 saturated heterocycles. The van der Waals surface area contributed by atoms with Crippen LogP contribution in [0.4, 0.5) is 0 Å². The van der Waals surface area contributed by atoms with Crippen molar-refractivity contribution in [2.75, 3.05) is 6.61 Å². The van der Waals surface area contributed by atoms with Crippen molar-refractivity contribution in [3.05, 3.63) is 28.8 Å². The number of hydrogen-bond acceptors (Lipinski definition) is 3. The highest BCUT2D eigenvalue weighted by Crippen LogP contribution is 2.28. The third-order valence-corrected chi connectivity index (χ3v) is 4.28. The second kappa shape index (κ2) is 6.79. The first-order valence-corrected chi connectivity index (χ1v) is 7.81. The van der Waals surface area contributed by atoms with E-state index in [1.807, 2.05) is 32.0 Å². The molecule has 0 aromatic heterocycles. The molecule has 1 aromatic rings. The molecular formula is C16H24ClNO2. The fourth-order valence-electron chi connectivity index (χ4n) is 1.99. The highest BCUT2D eigenvalue weighted by Gasteiger charge is 2.23. The Labute approximate surface area is 126 Å². The lowest BCUT2D eigenvalue weighted by Gasteiger charge is -2.25. The summed E-state index contributed by atoms with van der Waals surface area (Å²) in [6.07, 6.45) is 3.90. The molecule has 0 spiro atoms.